The Morgan fingerprint density at radius 3 is 2.48 bits per heavy atom. The minimum atomic E-state index is -3.73. The van der Waals surface area contributed by atoms with Gasteiger partial charge in [-0.1, -0.05) is 17.7 Å². The molecule has 0 unspecified atom stereocenters. The Bertz CT molecular complexity index is 1070. The largest absolute Gasteiger partial charge is 0.484 e. The van der Waals surface area contributed by atoms with Crippen LogP contribution < -0.4 is 14.8 Å². The average Bonchev–Trinajstić information content (AvgIpc) is 3.20. The molecule has 0 aliphatic rings. The van der Waals surface area contributed by atoms with Gasteiger partial charge in [0.05, 0.1) is 17.7 Å². The Hall–Kier alpha value is -3.26. The fourth-order valence-corrected chi connectivity index (χ4v) is 3.72. The van der Waals surface area contributed by atoms with Gasteiger partial charge in [0.25, 0.3) is 15.9 Å². The van der Waals surface area contributed by atoms with Gasteiger partial charge in [-0.05, 0) is 61.9 Å². The van der Waals surface area contributed by atoms with Crippen LogP contribution in [0.4, 0.5) is 5.69 Å². The van der Waals surface area contributed by atoms with Crippen LogP contribution in [-0.2, 0) is 21.4 Å². The minimum Gasteiger partial charge on any atom is -0.484 e. The molecule has 0 saturated heterocycles. The highest BCUT2D eigenvalue weighted by Gasteiger charge is 2.16. The van der Waals surface area contributed by atoms with Gasteiger partial charge in [0, 0.05) is 5.69 Å². The number of furan rings is 1. The van der Waals surface area contributed by atoms with E-state index in [1.54, 1.807) is 37.3 Å². The molecule has 3 aromatic rings. The molecule has 1 heterocycles. The monoisotopic (exact) mass is 414 g/mol. The zero-order valence-corrected chi connectivity index (χ0v) is 17.0. The highest BCUT2D eigenvalue weighted by molar-refractivity contribution is 7.92. The highest BCUT2D eigenvalue weighted by Crippen LogP contribution is 2.23. The molecule has 1 aromatic heterocycles. The summed E-state index contributed by atoms with van der Waals surface area (Å²) in [6.07, 6.45) is 1.53. The van der Waals surface area contributed by atoms with Crippen molar-refractivity contribution in [1.82, 2.24) is 5.32 Å². The average molecular weight is 414 g/mol. The van der Waals surface area contributed by atoms with Gasteiger partial charge >= 0.3 is 0 Å². The zero-order valence-electron chi connectivity index (χ0n) is 16.1. The zero-order chi connectivity index (χ0) is 20.9. The molecule has 8 heteroatoms. The third kappa shape index (κ3) is 5.61. The molecule has 0 fully saturated rings. The van der Waals surface area contributed by atoms with Crippen molar-refractivity contribution in [3.63, 3.8) is 0 Å². The first kappa shape index (κ1) is 20.5. The van der Waals surface area contributed by atoms with Crippen molar-refractivity contribution in [2.24, 2.45) is 0 Å². The van der Waals surface area contributed by atoms with Gasteiger partial charge in [0.1, 0.15) is 11.5 Å². The topological polar surface area (TPSA) is 97.6 Å². The van der Waals surface area contributed by atoms with Crippen molar-refractivity contribution in [1.29, 1.82) is 0 Å². The number of nitrogens with one attached hydrogen (secondary N) is 2. The van der Waals surface area contributed by atoms with Gasteiger partial charge in [-0.2, -0.15) is 0 Å². The lowest BCUT2D eigenvalue weighted by atomic mass is 10.2. The van der Waals surface area contributed by atoms with Crippen molar-refractivity contribution in [2.45, 2.75) is 25.3 Å². The number of ether oxygens (including phenoxy) is 1. The Morgan fingerprint density at radius 1 is 1.07 bits per heavy atom. The third-order valence-electron chi connectivity index (χ3n) is 4.16. The van der Waals surface area contributed by atoms with E-state index < -0.39 is 10.0 Å². The van der Waals surface area contributed by atoms with E-state index in [0.29, 0.717) is 22.8 Å². The number of hydrogen-bond acceptors (Lipinski definition) is 5. The number of sulfonamides is 1. The summed E-state index contributed by atoms with van der Waals surface area (Å²) in [7, 11) is -3.73. The van der Waals surface area contributed by atoms with Crippen molar-refractivity contribution in [3.05, 3.63) is 77.7 Å². The molecule has 1 amide bonds. The van der Waals surface area contributed by atoms with E-state index >= 15 is 0 Å². The standard InChI is InChI=1S/C21H22N2O5S/c1-15-5-7-17(8-6-15)23-29(25,26)19-9-10-20(16(2)12-19)28-14-21(24)22-13-18-4-3-11-27-18/h3-12,23H,13-14H2,1-2H3,(H,22,24). The first-order valence-electron chi connectivity index (χ1n) is 8.95. The molecular formula is C21H22N2O5S. The number of anilines is 1. The van der Waals surface area contributed by atoms with Crippen molar-refractivity contribution >= 4 is 21.6 Å². The molecule has 2 aromatic carbocycles. The molecule has 0 atom stereocenters. The molecular weight excluding hydrogens is 392 g/mol. The lowest BCUT2D eigenvalue weighted by Gasteiger charge is -2.12. The fourth-order valence-electron chi connectivity index (χ4n) is 2.58. The second-order valence-electron chi connectivity index (χ2n) is 6.54. The van der Waals surface area contributed by atoms with Crippen LogP contribution in [0.15, 0.2) is 70.2 Å². The second kappa shape index (κ2) is 8.83. The summed E-state index contributed by atoms with van der Waals surface area (Å²) in [5.41, 5.74) is 2.14. The Balaban J connectivity index is 1.60. The molecule has 2 N–H and O–H groups in total. The normalized spacial score (nSPS) is 11.1. The van der Waals surface area contributed by atoms with E-state index in [1.165, 1.54) is 18.4 Å². The highest BCUT2D eigenvalue weighted by atomic mass is 32.2. The van der Waals surface area contributed by atoms with Crippen molar-refractivity contribution in [3.8, 4) is 5.75 Å². The van der Waals surface area contributed by atoms with Crippen LogP contribution in [0, 0.1) is 13.8 Å². The van der Waals surface area contributed by atoms with Gasteiger partial charge in [0.15, 0.2) is 6.61 Å². The second-order valence-corrected chi connectivity index (χ2v) is 8.23. The molecule has 0 bridgehead atoms. The van der Waals surface area contributed by atoms with Crippen molar-refractivity contribution in [2.75, 3.05) is 11.3 Å². The first-order valence-corrected chi connectivity index (χ1v) is 10.4. The van der Waals surface area contributed by atoms with Crippen LogP contribution in [0.5, 0.6) is 5.75 Å². The number of carbonyl (C=O) groups is 1. The van der Waals surface area contributed by atoms with E-state index in [1.807, 2.05) is 19.1 Å². The minimum absolute atomic E-state index is 0.116. The van der Waals surface area contributed by atoms with Crippen molar-refractivity contribution < 1.29 is 22.4 Å². The molecule has 3 rings (SSSR count). The number of amides is 1. The van der Waals surface area contributed by atoms with E-state index in [9.17, 15) is 13.2 Å². The maximum Gasteiger partial charge on any atom is 0.261 e. The van der Waals surface area contributed by atoms with Gasteiger partial charge in [0.2, 0.25) is 0 Å². The predicted molar refractivity (Wildman–Crippen MR) is 109 cm³/mol. The van der Waals surface area contributed by atoms with Gasteiger partial charge in [-0.3, -0.25) is 9.52 Å². The Morgan fingerprint density at radius 2 is 1.83 bits per heavy atom. The lowest BCUT2D eigenvalue weighted by Crippen LogP contribution is -2.28. The molecule has 152 valence electrons. The number of rotatable bonds is 8. The van der Waals surface area contributed by atoms with Gasteiger partial charge in [-0.25, -0.2) is 8.42 Å². The van der Waals surface area contributed by atoms with Crippen LogP contribution in [-0.4, -0.2) is 20.9 Å². The summed E-state index contributed by atoms with van der Waals surface area (Å²) < 4.78 is 38.4. The molecule has 0 aliphatic heterocycles. The molecule has 0 spiro atoms. The Labute approximate surface area is 169 Å². The fraction of sp³-hybridized carbons (Fsp3) is 0.190. The third-order valence-corrected chi connectivity index (χ3v) is 5.54. The van der Waals surface area contributed by atoms with Crippen LogP contribution in [0.1, 0.15) is 16.9 Å². The van der Waals surface area contributed by atoms with E-state index in [-0.39, 0.29) is 24.0 Å². The molecule has 0 radical (unpaired) electrons. The van der Waals surface area contributed by atoms with Gasteiger partial charge < -0.3 is 14.5 Å². The van der Waals surface area contributed by atoms with Crippen LogP contribution in [0.3, 0.4) is 0 Å². The summed E-state index contributed by atoms with van der Waals surface area (Å²) >= 11 is 0. The van der Waals surface area contributed by atoms with E-state index in [2.05, 4.69) is 10.0 Å². The number of benzene rings is 2. The molecule has 0 saturated carbocycles. The SMILES string of the molecule is Cc1ccc(NS(=O)(=O)c2ccc(OCC(=O)NCc3ccco3)c(C)c2)cc1. The number of carbonyl (C=O) groups excluding carboxylic acids is 1. The van der Waals surface area contributed by atoms with E-state index in [4.69, 9.17) is 9.15 Å². The molecule has 7 nitrogen and oxygen atoms in total. The van der Waals surface area contributed by atoms with Crippen LogP contribution in [0.25, 0.3) is 0 Å². The maximum atomic E-state index is 12.6. The smallest absolute Gasteiger partial charge is 0.261 e. The molecule has 0 aliphatic carbocycles. The summed E-state index contributed by atoms with van der Waals surface area (Å²) in [5.74, 6) is 0.774. The number of hydrogen-bond donors (Lipinski definition) is 2. The summed E-state index contributed by atoms with van der Waals surface area (Å²) in [6.45, 7) is 3.74. The number of aryl methyl sites for hydroxylation is 2. The van der Waals surface area contributed by atoms with Crippen LogP contribution in [0.2, 0.25) is 0 Å². The van der Waals surface area contributed by atoms with Crippen LogP contribution >= 0.6 is 0 Å². The summed E-state index contributed by atoms with van der Waals surface area (Å²) in [6, 6.07) is 15.1. The summed E-state index contributed by atoms with van der Waals surface area (Å²) in [5, 5.41) is 2.68. The lowest BCUT2D eigenvalue weighted by molar-refractivity contribution is -0.123. The molecule has 29 heavy (non-hydrogen) atoms. The maximum absolute atomic E-state index is 12.6. The van der Waals surface area contributed by atoms with Gasteiger partial charge in [-0.15, -0.1) is 0 Å². The summed E-state index contributed by atoms with van der Waals surface area (Å²) in [4.78, 5) is 12.0. The Kier molecular flexibility index (Phi) is 6.23. The quantitative estimate of drug-likeness (QED) is 0.589. The van der Waals surface area contributed by atoms with E-state index in [0.717, 1.165) is 5.56 Å². The predicted octanol–water partition coefficient (Wildman–Crippen LogP) is 3.39. The first-order chi connectivity index (χ1) is 13.8.